The SMILES string of the molecule is CCCN1C(=O)C(=O)N(CC(=O)Nc2ccccc2SCC(N)=O)C1=O. The number of hydrogen-bond donors (Lipinski definition) is 2. The van der Waals surface area contributed by atoms with E-state index in [0.717, 1.165) is 16.7 Å². The van der Waals surface area contributed by atoms with Gasteiger partial charge in [-0.05, 0) is 18.6 Å². The first-order valence-electron chi connectivity index (χ1n) is 7.82. The average Bonchev–Trinajstić information content (AvgIpc) is 2.79. The molecule has 9 nitrogen and oxygen atoms in total. The maximum Gasteiger partial charge on any atom is 0.334 e. The molecule has 0 aliphatic carbocycles. The lowest BCUT2D eigenvalue weighted by atomic mass is 10.3. The molecule has 1 fully saturated rings. The predicted molar refractivity (Wildman–Crippen MR) is 94.1 cm³/mol. The molecule has 26 heavy (non-hydrogen) atoms. The molecule has 1 aliphatic rings. The van der Waals surface area contributed by atoms with E-state index in [1.165, 1.54) is 0 Å². The summed E-state index contributed by atoms with van der Waals surface area (Å²) in [7, 11) is 0. The summed E-state index contributed by atoms with van der Waals surface area (Å²) in [4.78, 5) is 61.0. The van der Waals surface area contributed by atoms with Gasteiger partial charge in [0.1, 0.15) is 6.54 Å². The van der Waals surface area contributed by atoms with Crippen molar-refractivity contribution in [3.05, 3.63) is 24.3 Å². The molecule has 0 atom stereocenters. The zero-order chi connectivity index (χ0) is 19.3. The van der Waals surface area contributed by atoms with E-state index in [4.69, 9.17) is 5.73 Å². The van der Waals surface area contributed by atoms with Gasteiger partial charge in [0.2, 0.25) is 11.8 Å². The number of carbonyl (C=O) groups excluding carboxylic acids is 5. The number of para-hydroxylation sites is 1. The van der Waals surface area contributed by atoms with Crippen LogP contribution < -0.4 is 11.1 Å². The number of benzene rings is 1. The van der Waals surface area contributed by atoms with Gasteiger partial charge in [-0.3, -0.25) is 24.1 Å². The van der Waals surface area contributed by atoms with E-state index < -0.39 is 36.2 Å². The minimum absolute atomic E-state index is 0.0382. The molecule has 1 heterocycles. The molecule has 138 valence electrons. The summed E-state index contributed by atoms with van der Waals surface area (Å²) < 4.78 is 0. The Balaban J connectivity index is 2.05. The summed E-state index contributed by atoms with van der Waals surface area (Å²) in [6, 6.07) is 5.93. The number of thioether (sulfide) groups is 1. The largest absolute Gasteiger partial charge is 0.369 e. The van der Waals surface area contributed by atoms with Crippen molar-refractivity contribution in [3.63, 3.8) is 0 Å². The van der Waals surface area contributed by atoms with Crippen molar-refractivity contribution in [1.29, 1.82) is 0 Å². The number of imide groups is 2. The Bertz CT molecular complexity index is 767. The minimum atomic E-state index is -1.02. The van der Waals surface area contributed by atoms with Crippen LogP contribution in [-0.4, -0.2) is 58.3 Å². The number of primary amides is 1. The lowest BCUT2D eigenvalue weighted by molar-refractivity contribution is -0.143. The van der Waals surface area contributed by atoms with Gasteiger partial charge in [0.05, 0.1) is 11.4 Å². The van der Waals surface area contributed by atoms with E-state index >= 15 is 0 Å². The van der Waals surface area contributed by atoms with Crippen LogP contribution in [0.4, 0.5) is 10.5 Å². The first-order valence-corrected chi connectivity index (χ1v) is 8.81. The van der Waals surface area contributed by atoms with Gasteiger partial charge in [-0.1, -0.05) is 19.1 Å². The van der Waals surface area contributed by atoms with Crippen LogP contribution in [0.15, 0.2) is 29.2 Å². The lowest BCUT2D eigenvalue weighted by Gasteiger charge is -2.15. The fourth-order valence-corrected chi connectivity index (χ4v) is 3.04. The Morgan fingerprint density at radius 3 is 2.42 bits per heavy atom. The van der Waals surface area contributed by atoms with E-state index in [9.17, 15) is 24.0 Å². The van der Waals surface area contributed by atoms with E-state index in [2.05, 4.69) is 5.32 Å². The first kappa shape index (κ1) is 19.4. The molecule has 1 aromatic carbocycles. The van der Waals surface area contributed by atoms with Crippen LogP contribution in [0, 0.1) is 0 Å². The van der Waals surface area contributed by atoms with Gasteiger partial charge in [-0.25, -0.2) is 9.69 Å². The predicted octanol–water partition coefficient (Wildman–Crippen LogP) is 0.403. The van der Waals surface area contributed by atoms with Crippen LogP contribution in [0.25, 0.3) is 0 Å². The molecule has 1 aliphatic heterocycles. The van der Waals surface area contributed by atoms with Crippen molar-refractivity contribution in [2.75, 3.05) is 24.2 Å². The maximum atomic E-state index is 12.2. The number of rotatable bonds is 8. The van der Waals surface area contributed by atoms with E-state index in [1.807, 2.05) is 0 Å². The highest BCUT2D eigenvalue weighted by Gasteiger charge is 2.44. The molecule has 0 unspecified atom stereocenters. The Labute approximate surface area is 153 Å². The zero-order valence-electron chi connectivity index (χ0n) is 14.1. The fourth-order valence-electron chi connectivity index (χ4n) is 2.29. The lowest BCUT2D eigenvalue weighted by Crippen LogP contribution is -2.39. The number of nitrogens with two attached hydrogens (primary N) is 1. The van der Waals surface area contributed by atoms with Crippen LogP contribution in [0.1, 0.15) is 13.3 Å². The standard InChI is InChI=1S/C16H18N4O5S/c1-2-7-19-14(23)15(24)20(16(19)25)8-13(22)18-10-5-3-4-6-11(10)26-9-12(17)21/h3-6H,2,7-9H2,1H3,(H2,17,21)(H,18,22). The molecule has 0 radical (unpaired) electrons. The second-order valence-electron chi connectivity index (χ2n) is 5.43. The Morgan fingerprint density at radius 1 is 1.12 bits per heavy atom. The van der Waals surface area contributed by atoms with Crippen molar-refractivity contribution in [2.24, 2.45) is 5.73 Å². The van der Waals surface area contributed by atoms with Crippen molar-refractivity contribution < 1.29 is 24.0 Å². The van der Waals surface area contributed by atoms with Crippen molar-refractivity contribution in [3.8, 4) is 0 Å². The third kappa shape index (κ3) is 4.39. The third-order valence-corrected chi connectivity index (χ3v) is 4.51. The van der Waals surface area contributed by atoms with Crippen molar-refractivity contribution >= 4 is 47.1 Å². The van der Waals surface area contributed by atoms with E-state index in [-0.39, 0.29) is 12.3 Å². The van der Waals surface area contributed by atoms with Crippen LogP contribution in [0.2, 0.25) is 0 Å². The highest BCUT2D eigenvalue weighted by atomic mass is 32.2. The van der Waals surface area contributed by atoms with Gasteiger partial charge in [0, 0.05) is 11.4 Å². The topological polar surface area (TPSA) is 130 Å². The van der Waals surface area contributed by atoms with Crippen LogP contribution in [0.3, 0.4) is 0 Å². The van der Waals surface area contributed by atoms with Gasteiger partial charge >= 0.3 is 17.8 Å². The number of nitrogens with one attached hydrogen (secondary N) is 1. The fraction of sp³-hybridized carbons (Fsp3) is 0.312. The summed E-state index contributed by atoms with van der Waals surface area (Å²) in [5.41, 5.74) is 5.53. The molecular formula is C16H18N4O5S. The molecule has 0 saturated carbocycles. The summed E-state index contributed by atoms with van der Waals surface area (Å²) >= 11 is 1.15. The molecule has 10 heteroatoms. The smallest absolute Gasteiger partial charge is 0.334 e. The van der Waals surface area contributed by atoms with Gasteiger partial charge in [-0.2, -0.15) is 0 Å². The molecule has 1 aromatic rings. The first-order chi connectivity index (χ1) is 12.3. The molecule has 0 aromatic heterocycles. The monoisotopic (exact) mass is 378 g/mol. The minimum Gasteiger partial charge on any atom is -0.369 e. The highest BCUT2D eigenvalue weighted by molar-refractivity contribution is 8.00. The van der Waals surface area contributed by atoms with E-state index in [1.54, 1.807) is 31.2 Å². The van der Waals surface area contributed by atoms with Gasteiger partial charge in [0.25, 0.3) is 0 Å². The third-order valence-electron chi connectivity index (χ3n) is 3.42. The summed E-state index contributed by atoms with van der Waals surface area (Å²) in [6.45, 7) is 1.31. The Kier molecular flexibility index (Phi) is 6.34. The molecule has 1 saturated heterocycles. The molecule has 3 N–H and O–H groups in total. The number of hydrogen-bond acceptors (Lipinski definition) is 6. The van der Waals surface area contributed by atoms with Crippen LogP contribution in [0.5, 0.6) is 0 Å². The van der Waals surface area contributed by atoms with Crippen LogP contribution >= 0.6 is 11.8 Å². The maximum absolute atomic E-state index is 12.2. The number of anilines is 1. The summed E-state index contributed by atoms with van der Waals surface area (Å²) in [5.74, 6) is -3.04. The number of nitrogens with zero attached hydrogens (tertiary/aromatic N) is 2. The summed E-state index contributed by atoms with van der Waals surface area (Å²) in [5, 5.41) is 2.58. The quantitative estimate of drug-likeness (QED) is 0.383. The molecule has 0 spiro atoms. The van der Waals surface area contributed by atoms with Gasteiger partial charge < -0.3 is 11.1 Å². The number of amides is 6. The Morgan fingerprint density at radius 2 is 1.77 bits per heavy atom. The average molecular weight is 378 g/mol. The molecule has 0 bridgehead atoms. The molecule has 2 rings (SSSR count). The highest BCUT2D eigenvalue weighted by Crippen LogP contribution is 2.26. The summed E-state index contributed by atoms with van der Waals surface area (Å²) in [6.07, 6.45) is 0.509. The van der Waals surface area contributed by atoms with E-state index in [0.29, 0.717) is 21.9 Å². The van der Waals surface area contributed by atoms with Crippen LogP contribution in [-0.2, 0) is 19.2 Å². The number of urea groups is 1. The second kappa shape index (κ2) is 8.48. The van der Waals surface area contributed by atoms with Crippen molar-refractivity contribution in [1.82, 2.24) is 9.80 Å². The number of carbonyl (C=O) groups is 5. The zero-order valence-corrected chi connectivity index (χ0v) is 14.9. The second-order valence-corrected chi connectivity index (χ2v) is 6.45. The van der Waals surface area contributed by atoms with Gasteiger partial charge in [-0.15, -0.1) is 11.8 Å². The Hall–Kier alpha value is -2.88. The normalized spacial score (nSPS) is 14.1. The van der Waals surface area contributed by atoms with Crippen molar-refractivity contribution in [2.45, 2.75) is 18.2 Å². The van der Waals surface area contributed by atoms with Gasteiger partial charge in [0.15, 0.2) is 0 Å². The molecule has 6 amide bonds. The molecular weight excluding hydrogens is 360 g/mol.